The van der Waals surface area contributed by atoms with Crippen LogP contribution in [0.1, 0.15) is 0 Å². The van der Waals surface area contributed by atoms with Crippen molar-refractivity contribution in [3.8, 4) is 0 Å². The molecular weight excluding hydrogens is 183 g/mol. The molecule has 4 heteroatoms. The van der Waals surface area contributed by atoms with E-state index in [-0.39, 0.29) is 5.82 Å². The second-order valence-electron chi connectivity index (χ2n) is 3.35. The summed E-state index contributed by atoms with van der Waals surface area (Å²) >= 11 is 0. The first kappa shape index (κ1) is 9.43. The highest BCUT2D eigenvalue weighted by atomic mass is 19.1. The van der Waals surface area contributed by atoms with Crippen LogP contribution in [0.4, 0.5) is 10.1 Å². The van der Waals surface area contributed by atoms with E-state index in [9.17, 15) is 9.50 Å². The van der Waals surface area contributed by atoms with Crippen molar-refractivity contribution in [2.24, 2.45) is 0 Å². The van der Waals surface area contributed by atoms with E-state index in [0.29, 0.717) is 6.54 Å². The van der Waals surface area contributed by atoms with Crippen molar-refractivity contribution in [3.05, 3.63) is 30.1 Å². The van der Waals surface area contributed by atoms with Crippen LogP contribution in [0.2, 0.25) is 0 Å². The van der Waals surface area contributed by atoms with Gasteiger partial charge in [0, 0.05) is 25.3 Å². The molecule has 1 atom stereocenters. The fraction of sp³-hybridized carbons (Fsp3) is 0.400. The van der Waals surface area contributed by atoms with E-state index in [2.05, 4.69) is 5.32 Å². The van der Waals surface area contributed by atoms with Crippen LogP contribution >= 0.6 is 0 Å². The summed E-state index contributed by atoms with van der Waals surface area (Å²) in [4.78, 5) is 1.86. The zero-order valence-corrected chi connectivity index (χ0v) is 7.78. The van der Waals surface area contributed by atoms with Crippen LogP contribution in [0, 0.1) is 5.82 Å². The first-order valence-corrected chi connectivity index (χ1v) is 4.68. The van der Waals surface area contributed by atoms with Gasteiger partial charge in [-0.1, -0.05) is 0 Å². The molecule has 3 nitrogen and oxygen atoms in total. The number of piperazine rings is 1. The Balaban J connectivity index is 2.16. The lowest BCUT2D eigenvalue weighted by Crippen LogP contribution is -2.51. The standard InChI is InChI=1S/C10H13FN2O/c11-8-1-3-9(4-2-8)13-6-5-12-7-10(13)14/h1-4,10,12,14H,5-7H2. The minimum atomic E-state index is -0.519. The fourth-order valence-electron chi connectivity index (χ4n) is 1.62. The molecule has 1 aliphatic heterocycles. The summed E-state index contributed by atoms with van der Waals surface area (Å²) < 4.78 is 12.7. The highest BCUT2D eigenvalue weighted by Gasteiger charge is 2.19. The Labute approximate surface area is 82.2 Å². The highest BCUT2D eigenvalue weighted by Crippen LogP contribution is 2.17. The van der Waals surface area contributed by atoms with E-state index in [1.54, 1.807) is 12.1 Å². The predicted octanol–water partition coefficient (Wildman–Crippen LogP) is 0.554. The van der Waals surface area contributed by atoms with Crippen LogP contribution in [0.15, 0.2) is 24.3 Å². The number of aliphatic hydroxyl groups is 1. The van der Waals surface area contributed by atoms with Crippen molar-refractivity contribution in [1.29, 1.82) is 0 Å². The van der Waals surface area contributed by atoms with Crippen molar-refractivity contribution in [1.82, 2.24) is 5.32 Å². The maximum absolute atomic E-state index is 12.7. The zero-order chi connectivity index (χ0) is 9.97. The Kier molecular flexibility index (Phi) is 2.65. The number of anilines is 1. The number of halogens is 1. The number of nitrogens with one attached hydrogen (secondary N) is 1. The number of rotatable bonds is 1. The fourth-order valence-corrected chi connectivity index (χ4v) is 1.62. The summed E-state index contributed by atoms with van der Waals surface area (Å²) in [7, 11) is 0. The third-order valence-corrected chi connectivity index (χ3v) is 2.37. The number of aliphatic hydroxyl groups excluding tert-OH is 1. The van der Waals surface area contributed by atoms with Gasteiger partial charge in [0.25, 0.3) is 0 Å². The largest absolute Gasteiger partial charge is 0.372 e. The number of β-amino-alcohol motifs (C(OH)–C–C–N with tert-alkyl or cyclic N) is 1. The molecule has 2 rings (SSSR count). The SMILES string of the molecule is OC1CNCCN1c1ccc(F)cc1. The molecule has 0 aliphatic carbocycles. The van der Waals surface area contributed by atoms with Gasteiger partial charge in [0.2, 0.25) is 0 Å². The van der Waals surface area contributed by atoms with Gasteiger partial charge in [-0.05, 0) is 24.3 Å². The van der Waals surface area contributed by atoms with Crippen LogP contribution in [-0.2, 0) is 0 Å². The molecule has 14 heavy (non-hydrogen) atoms. The van der Waals surface area contributed by atoms with Gasteiger partial charge < -0.3 is 15.3 Å². The lowest BCUT2D eigenvalue weighted by Gasteiger charge is -2.34. The lowest BCUT2D eigenvalue weighted by atomic mass is 10.2. The molecule has 2 N–H and O–H groups in total. The zero-order valence-electron chi connectivity index (χ0n) is 7.78. The van der Waals surface area contributed by atoms with E-state index >= 15 is 0 Å². The van der Waals surface area contributed by atoms with E-state index < -0.39 is 6.23 Å². The smallest absolute Gasteiger partial charge is 0.139 e. The quantitative estimate of drug-likeness (QED) is 0.688. The maximum atomic E-state index is 12.7. The summed E-state index contributed by atoms with van der Waals surface area (Å²) in [6.45, 7) is 2.14. The molecule has 1 unspecified atom stereocenters. The Hall–Kier alpha value is -1.13. The van der Waals surface area contributed by atoms with Gasteiger partial charge in [0.05, 0.1) is 0 Å². The van der Waals surface area contributed by atoms with Crippen LogP contribution in [-0.4, -0.2) is 31.0 Å². The molecule has 1 heterocycles. The lowest BCUT2D eigenvalue weighted by molar-refractivity contribution is 0.152. The van der Waals surface area contributed by atoms with Gasteiger partial charge in [-0.15, -0.1) is 0 Å². The summed E-state index contributed by atoms with van der Waals surface area (Å²) in [6.07, 6.45) is -0.519. The number of hydrogen-bond acceptors (Lipinski definition) is 3. The molecule has 0 aromatic heterocycles. The third-order valence-electron chi connectivity index (χ3n) is 2.37. The van der Waals surface area contributed by atoms with Gasteiger partial charge >= 0.3 is 0 Å². The van der Waals surface area contributed by atoms with Gasteiger partial charge in [0.15, 0.2) is 0 Å². The molecule has 0 saturated carbocycles. The van der Waals surface area contributed by atoms with Crippen molar-refractivity contribution in [3.63, 3.8) is 0 Å². The van der Waals surface area contributed by atoms with Crippen LogP contribution in [0.5, 0.6) is 0 Å². The van der Waals surface area contributed by atoms with Crippen molar-refractivity contribution >= 4 is 5.69 Å². The van der Waals surface area contributed by atoms with Crippen molar-refractivity contribution in [2.45, 2.75) is 6.23 Å². The molecule has 0 radical (unpaired) electrons. The summed E-state index contributed by atoms with van der Waals surface area (Å²) in [5.41, 5.74) is 0.861. The van der Waals surface area contributed by atoms with Crippen molar-refractivity contribution < 1.29 is 9.50 Å². The molecule has 0 amide bonds. The minimum absolute atomic E-state index is 0.252. The average molecular weight is 196 g/mol. The normalized spacial score (nSPS) is 22.4. The predicted molar refractivity (Wildman–Crippen MR) is 52.6 cm³/mol. The molecular formula is C10H13FN2O. The topological polar surface area (TPSA) is 35.5 Å². The highest BCUT2D eigenvalue weighted by molar-refractivity contribution is 5.47. The van der Waals surface area contributed by atoms with E-state index in [1.165, 1.54) is 12.1 Å². The Morgan fingerprint density at radius 2 is 2.07 bits per heavy atom. The minimum Gasteiger partial charge on any atom is -0.372 e. The van der Waals surface area contributed by atoms with E-state index in [4.69, 9.17) is 0 Å². The first-order valence-electron chi connectivity index (χ1n) is 4.68. The van der Waals surface area contributed by atoms with E-state index in [0.717, 1.165) is 18.8 Å². The maximum Gasteiger partial charge on any atom is 0.139 e. The molecule has 0 spiro atoms. The number of hydrogen-bond donors (Lipinski definition) is 2. The molecule has 1 fully saturated rings. The Bertz CT molecular complexity index is 301. The molecule has 1 aliphatic rings. The van der Waals surface area contributed by atoms with Crippen molar-refractivity contribution in [2.75, 3.05) is 24.5 Å². The molecule has 76 valence electrons. The Morgan fingerprint density at radius 3 is 2.71 bits per heavy atom. The van der Waals surface area contributed by atoms with Gasteiger partial charge in [0.1, 0.15) is 12.0 Å². The van der Waals surface area contributed by atoms with E-state index in [1.807, 2.05) is 4.90 Å². The molecule has 1 saturated heterocycles. The van der Waals surface area contributed by atoms with Gasteiger partial charge in [-0.2, -0.15) is 0 Å². The monoisotopic (exact) mass is 196 g/mol. The Morgan fingerprint density at radius 1 is 1.36 bits per heavy atom. The van der Waals surface area contributed by atoms with Crippen LogP contribution < -0.4 is 10.2 Å². The second-order valence-corrected chi connectivity index (χ2v) is 3.35. The molecule has 1 aromatic carbocycles. The second kappa shape index (κ2) is 3.94. The van der Waals surface area contributed by atoms with Gasteiger partial charge in [-0.3, -0.25) is 0 Å². The number of nitrogens with zero attached hydrogens (tertiary/aromatic N) is 1. The summed E-state index contributed by atoms with van der Waals surface area (Å²) in [6, 6.07) is 6.18. The summed E-state index contributed by atoms with van der Waals surface area (Å²) in [5, 5.41) is 12.7. The third kappa shape index (κ3) is 1.86. The summed E-state index contributed by atoms with van der Waals surface area (Å²) in [5.74, 6) is -0.252. The molecule has 1 aromatic rings. The average Bonchev–Trinajstić information content (AvgIpc) is 2.20. The van der Waals surface area contributed by atoms with Crippen LogP contribution in [0.3, 0.4) is 0 Å². The number of benzene rings is 1. The van der Waals surface area contributed by atoms with Crippen LogP contribution in [0.25, 0.3) is 0 Å². The first-order chi connectivity index (χ1) is 6.77. The molecule has 0 bridgehead atoms. The van der Waals surface area contributed by atoms with Gasteiger partial charge in [-0.25, -0.2) is 4.39 Å².